The number of ether oxygens (including phenoxy) is 4. The molecule has 1 fully saturated rings. The molecule has 4 aromatic carbocycles. The first-order valence-corrected chi connectivity index (χ1v) is 22.8. The molecule has 1 saturated carbocycles. The minimum Gasteiger partial charge on any atom is -0.496 e. The van der Waals surface area contributed by atoms with E-state index >= 15 is 0 Å². The highest BCUT2D eigenvalue weighted by Gasteiger charge is 2.36. The van der Waals surface area contributed by atoms with E-state index in [0.29, 0.717) is 17.2 Å². The second kappa shape index (κ2) is 18.1. The molecule has 7 heteroatoms. The van der Waals surface area contributed by atoms with Gasteiger partial charge in [-0.2, -0.15) is 0 Å². The molecule has 0 amide bonds. The first-order valence-electron chi connectivity index (χ1n) is 19.4. The number of rotatable bonds is 16. The van der Waals surface area contributed by atoms with Gasteiger partial charge in [-0.1, -0.05) is 125 Å². The van der Waals surface area contributed by atoms with Crippen LogP contribution in [0.1, 0.15) is 94.4 Å². The fraction of sp³-hybridized carbons (Fsp3) is 0.435. The van der Waals surface area contributed by atoms with Crippen molar-refractivity contribution in [1.82, 2.24) is 0 Å². The summed E-state index contributed by atoms with van der Waals surface area (Å²) in [4.78, 5) is 24.5. The molecule has 4 aromatic rings. The number of benzene rings is 4. The normalized spacial score (nSPS) is 14.3. The molecule has 282 valence electrons. The van der Waals surface area contributed by atoms with Gasteiger partial charge in [0.2, 0.25) is 0 Å². The van der Waals surface area contributed by atoms with Crippen LogP contribution in [-0.2, 0) is 23.1 Å². The van der Waals surface area contributed by atoms with Crippen LogP contribution >= 0.6 is 0 Å². The molecule has 0 N–H and O–H groups in total. The number of methoxy groups -OCH3 is 1. The van der Waals surface area contributed by atoms with Crippen molar-refractivity contribution in [2.45, 2.75) is 116 Å². The third-order valence-corrected chi connectivity index (χ3v) is 14.5. The molecule has 1 aliphatic rings. The first kappa shape index (κ1) is 39.8. The molecule has 53 heavy (non-hydrogen) atoms. The summed E-state index contributed by atoms with van der Waals surface area (Å²) in [6.07, 6.45) is 10.1. The van der Waals surface area contributed by atoms with Crippen molar-refractivity contribution in [1.29, 1.82) is 0 Å². The zero-order valence-corrected chi connectivity index (χ0v) is 33.7. The highest BCUT2D eigenvalue weighted by molar-refractivity contribution is 6.77. The fourth-order valence-corrected chi connectivity index (χ4v) is 12.7. The van der Waals surface area contributed by atoms with Crippen molar-refractivity contribution in [3.8, 4) is 23.0 Å². The molecule has 6 nitrogen and oxygen atoms in total. The maximum atomic E-state index is 13.0. The van der Waals surface area contributed by atoms with Gasteiger partial charge in [0.05, 0.1) is 7.11 Å². The summed E-state index contributed by atoms with van der Waals surface area (Å²) >= 11 is 0. The van der Waals surface area contributed by atoms with Gasteiger partial charge in [-0.3, -0.25) is 4.79 Å². The van der Waals surface area contributed by atoms with Crippen LogP contribution in [0.4, 0.5) is 4.79 Å². The van der Waals surface area contributed by atoms with Gasteiger partial charge in [0.25, 0.3) is 0 Å². The van der Waals surface area contributed by atoms with Gasteiger partial charge >= 0.3 is 12.1 Å². The van der Waals surface area contributed by atoms with Crippen LogP contribution < -0.4 is 18.9 Å². The zero-order chi connectivity index (χ0) is 37.9. The van der Waals surface area contributed by atoms with E-state index in [9.17, 15) is 9.59 Å². The Morgan fingerprint density at radius 1 is 0.679 bits per heavy atom. The van der Waals surface area contributed by atoms with E-state index in [4.69, 9.17) is 18.9 Å². The second-order valence-corrected chi connectivity index (χ2v) is 21.6. The third-order valence-electron chi connectivity index (χ3n) is 10.9. The predicted octanol–water partition coefficient (Wildman–Crippen LogP) is 12.1. The summed E-state index contributed by atoms with van der Waals surface area (Å²) in [7, 11) is 0.280. The molecular weight excluding hydrogens is 677 g/mol. The topological polar surface area (TPSA) is 71.1 Å². The van der Waals surface area contributed by atoms with E-state index in [2.05, 4.69) is 69.4 Å². The lowest BCUT2D eigenvalue weighted by atomic mass is 9.65. The number of hydrogen-bond donors (Lipinski definition) is 0. The van der Waals surface area contributed by atoms with E-state index in [0.717, 1.165) is 62.7 Å². The highest BCUT2D eigenvalue weighted by Crippen LogP contribution is 2.45. The van der Waals surface area contributed by atoms with Gasteiger partial charge in [0.15, 0.2) is 0 Å². The lowest BCUT2D eigenvalue weighted by Crippen LogP contribution is -2.32. The number of hydrogen-bond acceptors (Lipinski definition) is 6. The van der Waals surface area contributed by atoms with Gasteiger partial charge in [-0.15, -0.1) is 0 Å². The molecule has 0 spiro atoms. The second-order valence-electron chi connectivity index (χ2n) is 16.4. The molecule has 1 aliphatic carbocycles. The Morgan fingerprint density at radius 3 is 1.79 bits per heavy atom. The van der Waals surface area contributed by atoms with Crippen molar-refractivity contribution >= 4 is 20.2 Å². The molecule has 0 saturated heterocycles. The number of para-hydroxylation sites is 2. The van der Waals surface area contributed by atoms with E-state index in [1.165, 1.54) is 48.5 Å². The molecule has 5 rings (SSSR count). The largest absolute Gasteiger partial charge is 0.519 e. The molecule has 0 bridgehead atoms. The van der Waals surface area contributed by atoms with Crippen LogP contribution in [0.2, 0.25) is 25.2 Å². The van der Waals surface area contributed by atoms with Gasteiger partial charge in [-0.25, -0.2) is 4.79 Å². The maximum absolute atomic E-state index is 13.0. The predicted molar refractivity (Wildman–Crippen MR) is 216 cm³/mol. The lowest BCUT2D eigenvalue weighted by molar-refractivity contribution is -0.131. The van der Waals surface area contributed by atoms with E-state index in [1.54, 1.807) is 7.11 Å². The summed E-state index contributed by atoms with van der Waals surface area (Å²) in [6, 6.07) is 34.4. The zero-order valence-electron chi connectivity index (χ0n) is 32.7. The Morgan fingerprint density at radius 2 is 1.21 bits per heavy atom. The summed E-state index contributed by atoms with van der Waals surface area (Å²) in [5, 5.41) is 0. The quantitative estimate of drug-likeness (QED) is 0.0494. The molecule has 0 atom stereocenters. The van der Waals surface area contributed by atoms with Crippen LogP contribution in [0.5, 0.6) is 23.0 Å². The number of carbonyl (C=O) groups excluding carboxylic acids is 2. The standard InChI is InChI=1S/C46H58O6Si/c1-35(47)50-40-26-22-38(23-27-40)46(31-12-7-13-32-46)39-24-28-41(29-25-39)51-44(48)52-43-21-11-9-17-37(43)19-15-33-53(5,6)34-45(2,3)30-14-18-36-16-8-10-20-42(36)49-4/h8-11,16-17,20-29H,7,12-15,18-19,30-34H2,1-6H3. The molecule has 0 aliphatic heterocycles. The van der Waals surface area contributed by atoms with Crippen molar-refractivity contribution in [2.75, 3.05) is 7.11 Å². The van der Waals surface area contributed by atoms with E-state index in [1.807, 2.05) is 54.6 Å². The Balaban J connectivity index is 1.13. The van der Waals surface area contributed by atoms with Crippen LogP contribution in [0.25, 0.3) is 0 Å². The fourth-order valence-electron chi connectivity index (χ4n) is 8.66. The number of carbonyl (C=O) groups is 2. The van der Waals surface area contributed by atoms with Crippen LogP contribution in [-0.4, -0.2) is 27.3 Å². The van der Waals surface area contributed by atoms with Gasteiger partial charge in [0, 0.05) is 20.4 Å². The summed E-state index contributed by atoms with van der Waals surface area (Å²) in [6.45, 7) is 11.3. The Bertz CT molecular complexity index is 1790. The smallest absolute Gasteiger partial charge is 0.496 e. The van der Waals surface area contributed by atoms with Crippen LogP contribution in [0.3, 0.4) is 0 Å². The molecule has 0 unspecified atom stereocenters. The monoisotopic (exact) mass is 734 g/mol. The Labute approximate surface area is 318 Å². The first-order chi connectivity index (χ1) is 25.4. The van der Waals surface area contributed by atoms with Gasteiger partial charge in [0.1, 0.15) is 23.0 Å². The van der Waals surface area contributed by atoms with Crippen molar-refractivity contribution in [3.05, 3.63) is 119 Å². The van der Waals surface area contributed by atoms with Crippen LogP contribution in [0.15, 0.2) is 97.1 Å². The minimum atomic E-state index is -1.47. The Kier molecular flexibility index (Phi) is 13.6. The molecule has 0 radical (unpaired) electrons. The summed E-state index contributed by atoms with van der Waals surface area (Å²) in [5.41, 5.74) is 4.85. The van der Waals surface area contributed by atoms with E-state index < -0.39 is 14.2 Å². The van der Waals surface area contributed by atoms with Crippen LogP contribution in [0, 0.1) is 5.41 Å². The molecule has 0 heterocycles. The minimum absolute atomic E-state index is 0.144. The lowest BCUT2D eigenvalue weighted by Gasteiger charge is -2.38. The Hall–Kier alpha value is -4.36. The van der Waals surface area contributed by atoms with Crippen molar-refractivity contribution in [3.63, 3.8) is 0 Å². The van der Waals surface area contributed by atoms with Gasteiger partial charge in [-0.05, 0) is 103 Å². The summed E-state index contributed by atoms with van der Waals surface area (Å²) in [5.74, 6) is 2.22. The van der Waals surface area contributed by atoms with E-state index in [-0.39, 0.29) is 16.8 Å². The average molecular weight is 735 g/mol. The maximum Gasteiger partial charge on any atom is 0.519 e. The third kappa shape index (κ3) is 11.3. The number of esters is 1. The van der Waals surface area contributed by atoms with Crippen molar-refractivity contribution < 1.29 is 28.5 Å². The van der Waals surface area contributed by atoms with Gasteiger partial charge < -0.3 is 18.9 Å². The molecule has 0 aromatic heterocycles. The summed E-state index contributed by atoms with van der Waals surface area (Å²) < 4.78 is 22.3. The number of aryl methyl sites for hydroxylation is 2. The average Bonchev–Trinajstić information content (AvgIpc) is 3.12. The SMILES string of the molecule is COc1ccccc1CCCC(C)(C)C[Si](C)(C)CCCc1ccccc1OC(=O)Oc1ccc(C2(c3ccc(OC(C)=O)cc3)CCCCC2)cc1. The molecular formula is C46H58O6Si. The highest BCUT2D eigenvalue weighted by atomic mass is 28.3. The van der Waals surface area contributed by atoms with Crippen molar-refractivity contribution in [2.24, 2.45) is 5.41 Å².